The molecule has 7 heteroatoms. The minimum Gasteiger partial charge on any atom is -0.433 e. The zero-order valence-electron chi connectivity index (χ0n) is 7.76. The van der Waals surface area contributed by atoms with Gasteiger partial charge in [-0.2, -0.15) is 0 Å². The standard InChI is InChI=1S/C7H12N2O3S.ClH/c1-13(10,11)7-9-5-6(12-7)3-2-4-8;/h5H,2-4,8H2,1H3;1H. The summed E-state index contributed by atoms with van der Waals surface area (Å²) in [6, 6.07) is 0. The van der Waals surface area contributed by atoms with Crippen molar-refractivity contribution in [2.24, 2.45) is 5.73 Å². The summed E-state index contributed by atoms with van der Waals surface area (Å²) in [6.07, 6.45) is 3.87. The third-order valence-corrected chi connectivity index (χ3v) is 2.30. The molecule has 0 radical (unpaired) electrons. The molecule has 2 N–H and O–H groups in total. The predicted molar refractivity (Wildman–Crippen MR) is 54.2 cm³/mol. The van der Waals surface area contributed by atoms with Gasteiger partial charge in [-0.25, -0.2) is 13.4 Å². The minimum absolute atomic E-state index is 0. The predicted octanol–water partition coefficient (Wildman–Crippen LogP) is 0.391. The van der Waals surface area contributed by atoms with Crippen LogP contribution in [0.2, 0.25) is 0 Å². The molecule has 1 aromatic heterocycles. The first kappa shape index (κ1) is 13.4. The van der Waals surface area contributed by atoms with Crippen molar-refractivity contribution in [2.45, 2.75) is 18.1 Å². The molecule has 82 valence electrons. The van der Waals surface area contributed by atoms with E-state index in [1.165, 1.54) is 6.20 Å². The van der Waals surface area contributed by atoms with E-state index in [9.17, 15) is 8.42 Å². The summed E-state index contributed by atoms with van der Waals surface area (Å²) < 4.78 is 26.9. The number of nitrogens with two attached hydrogens (primary N) is 1. The van der Waals surface area contributed by atoms with Crippen LogP contribution in [-0.4, -0.2) is 26.2 Å². The van der Waals surface area contributed by atoms with Crippen molar-refractivity contribution in [3.05, 3.63) is 12.0 Å². The molecule has 14 heavy (non-hydrogen) atoms. The van der Waals surface area contributed by atoms with Crippen LogP contribution in [-0.2, 0) is 16.3 Å². The lowest BCUT2D eigenvalue weighted by atomic mass is 10.3. The lowest BCUT2D eigenvalue weighted by Crippen LogP contribution is -1.99. The maximum Gasteiger partial charge on any atom is 0.314 e. The molecule has 1 heterocycles. The summed E-state index contributed by atoms with van der Waals surface area (Å²) in [6.45, 7) is 0.551. The number of aryl methyl sites for hydroxylation is 1. The molecule has 0 spiro atoms. The number of rotatable bonds is 4. The van der Waals surface area contributed by atoms with Crippen LogP contribution >= 0.6 is 12.4 Å². The summed E-state index contributed by atoms with van der Waals surface area (Å²) in [5, 5.41) is -0.223. The molecule has 0 atom stereocenters. The lowest BCUT2D eigenvalue weighted by molar-refractivity contribution is 0.398. The highest BCUT2D eigenvalue weighted by molar-refractivity contribution is 7.90. The van der Waals surface area contributed by atoms with Gasteiger partial charge in [-0.15, -0.1) is 12.4 Å². The van der Waals surface area contributed by atoms with Gasteiger partial charge in [0.25, 0.3) is 0 Å². The van der Waals surface area contributed by atoms with Crippen LogP contribution in [0.15, 0.2) is 15.8 Å². The summed E-state index contributed by atoms with van der Waals surface area (Å²) >= 11 is 0. The SMILES string of the molecule is CS(=O)(=O)c1ncc(CCCN)o1.Cl. The zero-order chi connectivity index (χ0) is 9.90. The van der Waals surface area contributed by atoms with Gasteiger partial charge >= 0.3 is 5.22 Å². The van der Waals surface area contributed by atoms with E-state index in [2.05, 4.69) is 4.98 Å². The van der Waals surface area contributed by atoms with Crippen LogP contribution in [0.1, 0.15) is 12.2 Å². The Morgan fingerprint density at radius 1 is 1.57 bits per heavy atom. The molecule has 0 aromatic carbocycles. The monoisotopic (exact) mass is 240 g/mol. The van der Waals surface area contributed by atoms with Crippen molar-refractivity contribution in [3.63, 3.8) is 0 Å². The number of oxazole rings is 1. The first-order chi connectivity index (χ1) is 6.04. The first-order valence-electron chi connectivity index (χ1n) is 3.89. The normalized spacial score (nSPS) is 11.0. The van der Waals surface area contributed by atoms with Crippen LogP contribution in [0.5, 0.6) is 0 Å². The Morgan fingerprint density at radius 2 is 2.21 bits per heavy atom. The van der Waals surface area contributed by atoms with E-state index in [-0.39, 0.29) is 17.6 Å². The molecule has 1 rings (SSSR count). The average Bonchev–Trinajstić information content (AvgIpc) is 2.47. The fourth-order valence-electron chi connectivity index (χ4n) is 0.853. The Morgan fingerprint density at radius 3 is 2.64 bits per heavy atom. The second-order valence-electron chi connectivity index (χ2n) is 2.76. The highest BCUT2D eigenvalue weighted by Gasteiger charge is 2.14. The second-order valence-corrected chi connectivity index (χ2v) is 4.65. The fraction of sp³-hybridized carbons (Fsp3) is 0.571. The molecule has 0 unspecified atom stereocenters. The molecule has 0 aliphatic rings. The van der Waals surface area contributed by atoms with Crippen LogP contribution in [0.3, 0.4) is 0 Å². The van der Waals surface area contributed by atoms with E-state index in [1.807, 2.05) is 0 Å². The van der Waals surface area contributed by atoms with Crippen LogP contribution in [0.25, 0.3) is 0 Å². The highest BCUT2D eigenvalue weighted by Crippen LogP contribution is 2.10. The van der Waals surface area contributed by atoms with Gasteiger partial charge in [-0.05, 0) is 13.0 Å². The average molecular weight is 241 g/mol. The largest absolute Gasteiger partial charge is 0.433 e. The molecule has 0 aliphatic carbocycles. The molecule has 0 aliphatic heterocycles. The quantitative estimate of drug-likeness (QED) is 0.823. The zero-order valence-corrected chi connectivity index (χ0v) is 9.40. The summed E-state index contributed by atoms with van der Waals surface area (Å²) in [5.74, 6) is 0.561. The molecule has 0 bridgehead atoms. The number of hydrogen-bond donors (Lipinski definition) is 1. The Bertz CT molecular complexity index is 374. The first-order valence-corrected chi connectivity index (χ1v) is 5.78. The fourth-order valence-corrected chi connectivity index (χ4v) is 1.36. The molecule has 0 saturated carbocycles. The van der Waals surface area contributed by atoms with Crippen LogP contribution in [0, 0.1) is 0 Å². The van der Waals surface area contributed by atoms with Crippen molar-refractivity contribution in [1.82, 2.24) is 4.98 Å². The Balaban J connectivity index is 0.00000169. The van der Waals surface area contributed by atoms with Crippen molar-refractivity contribution in [1.29, 1.82) is 0 Å². The van der Waals surface area contributed by atoms with E-state index in [0.717, 1.165) is 12.7 Å². The van der Waals surface area contributed by atoms with Gasteiger partial charge in [-0.3, -0.25) is 0 Å². The van der Waals surface area contributed by atoms with Crippen LogP contribution < -0.4 is 5.73 Å². The van der Waals surface area contributed by atoms with Gasteiger partial charge in [0.05, 0.1) is 6.20 Å². The topological polar surface area (TPSA) is 86.2 Å². The van der Waals surface area contributed by atoms with E-state index < -0.39 is 9.84 Å². The van der Waals surface area contributed by atoms with E-state index >= 15 is 0 Å². The molecular weight excluding hydrogens is 228 g/mol. The summed E-state index contributed by atoms with van der Waals surface area (Å²) in [7, 11) is -3.32. The number of nitrogens with zero attached hydrogens (tertiary/aromatic N) is 1. The van der Waals surface area contributed by atoms with Gasteiger partial charge < -0.3 is 10.2 Å². The Hall–Kier alpha value is -0.590. The van der Waals surface area contributed by atoms with Gasteiger partial charge in [0.1, 0.15) is 5.76 Å². The smallest absolute Gasteiger partial charge is 0.314 e. The molecule has 5 nitrogen and oxygen atoms in total. The minimum atomic E-state index is -3.32. The second kappa shape index (κ2) is 5.33. The molecular formula is C7H13ClN2O3S. The third-order valence-electron chi connectivity index (χ3n) is 1.48. The molecule has 0 amide bonds. The van der Waals surface area contributed by atoms with E-state index in [0.29, 0.717) is 18.7 Å². The van der Waals surface area contributed by atoms with Crippen molar-refractivity contribution < 1.29 is 12.8 Å². The summed E-state index contributed by atoms with van der Waals surface area (Å²) in [5.41, 5.74) is 5.29. The molecule has 0 saturated heterocycles. The number of aromatic nitrogens is 1. The third kappa shape index (κ3) is 3.65. The Kier molecular flexibility index (Phi) is 5.11. The summed E-state index contributed by atoms with van der Waals surface area (Å²) in [4.78, 5) is 3.64. The van der Waals surface area contributed by atoms with Crippen LogP contribution in [0.4, 0.5) is 0 Å². The van der Waals surface area contributed by atoms with Gasteiger partial charge in [0.2, 0.25) is 9.84 Å². The van der Waals surface area contributed by atoms with Crippen molar-refractivity contribution >= 4 is 22.2 Å². The van der Waals surface area contributed by atoms with E-state index in [4.69, 9.17) is 10.2 Å². The number of hydrogen-bond acceptors (Lipinski definition) is 5. The number of sulfone groups is 1. The van der Waals surface area contributed by atoms with Gasteiger partial charge in [0.15, 0.2) is 0 Å². The molecule has 1 aromatic rings. The molecule has 0 fully saturated rings. The lowest BCUT2D eigenvalue weighted by Gasteiger charge is -1.91. The Labute approximate surface area is 89.0 Å². The maximum atomic E-state index is 10.9. The number of halogens is 1. The van der Waals surface area contributed by atoms with Gasteiger partial charge in [0, 0.05) is 12.7 Å². The van der Waals surface area contributed by atoms with Crippen molar-refractivity contribution in [3.8, 4) is 0 Å². The van der Waals surface area contributed by atoms with E-state index in [1.54, 1.807) is 0 Å². The van der Waals surface area contributed by atoms with Crippen molar-refractivity contribution in [2.75, 3.05) is 12.8 Å². The maximum absolute atomic E-state index is 10.9. The van der Waals surface area contributed by atoms with Gasteiger partial charge in [-0.1, -0.05) is 0 Å². The highest BCUT2D eigenvalue weighted by atomic mass is 35.5.